The van der Waals surface area contributed by atoms with Gasteiger partial charge >= 0.3 is 0 Å². The molecule has 4 heterocycles. The normalized spacial score (nSPS) is 18.8. The van der Waals surface area contributed by atoms with Crippen LogP contribution in [0.2, 0.25) is 0 Å². The molecule has 2 amide bonds. The molecule has 176 valence electrons. The van der Waals surface area contributed by atoms with E-state index in [1.807, 2.05) is 10.6 Å². The first-order valence-corrected chi connectivity index (χ1v) is 12.5. The van der Waals surface area contributed by atoms with E-state index in [1.54, 1.807) is 18.5 Å². The van der Waals surface area contributed by atoms with Gasteiger partial charge in [0.15, 0.2) is 5.65 Å². The summed E-state index contributed by atoms with van der Waals surface area (Å²) in [4.78, 5) is 38.0. The predicted molar refractivity (Wildman–Crippen MR) is 135 cm³/mol. The van der Waals surface area contributed by atoms with E-state index in [0.29, 0.717) is 16.2 Å². The number of amides is 2. The lowest BCUT2D eigenvalue weighted by Crippen LogP contribution is -2.46. The largest absolute Gasteiger partial charge is 0.301 e. The Morgan fingerprint density at radius 3 is 2.68 bits per heavy atom. The molecule has 8 nitrogen and oxygen atoms in total. The summed E-state index contributed by atoms with van der Waals surface area (Å²) in [7, 11) is 0. The zero-order chi connectivity index (χ0) is 23.5. The van der Waals surface area contributed by atoms with Crippen LogP contribution < -0.4 is 5.32 Å². The van der Waals surface area contributed by atoms with Crippen molar-refractivity contribution in [2.24, 2.45) is 0 Å². The molecule has 1 N–H and O–H groups in total. The molecular formula is C25H28N6O2S. The molecule has 9 heteroatoms. The number of carbonyl (C=O) groups is 2. The summed E-state index contributed by atoms with van der Waals surface area (Å²) in [5.74, 6) is -0.385. The average Bonchev–Trinajstić information content (AvgIpc) is 3.40. The smallest absolute Gasteiger partial charge is 0.290 e. The van der Waals surface area contributed by atoms with Crippen LogP contribution in [-0.2, 0) is 11.3 Å². The Balaban J connectivity index is 1.33. The Morgan fingerprint density at radius 1 is 1.09 bits per heavy atom. The molecule has 2 aromatic heterocycles. The Morgan fingerprint density at radius 2 is 1.91 bits per heavy atom. The Labute approximate surface area is 203 Å². The SMILES string of the molecule is CCCCN1CCN(Cc2cccc(-n3cnc4ccc(C=C5SC(=O)NC5=O)nc43)c2)CC1. The summed E-state index contributed by atoms with van der Waals surface area (Å²) >= 11 is 0.890. The molecule has 2 fully saturated rings. The van der Waals surface area contributed by atoms with Crippen molar-refractivity contribution >= 4 is 40.1 Å². The highest BCUT2D eigenvalue weighted by Crippen LogP contribution is 2.26. The van der Waals surface area contributed by atoms with Gasteiger partial charge in [0.05, 0.1) is 10.6 Å². The topological polar surface area (TPSA) is 83.4 Å². The number of carbonyl (C=O) groups excluding carboxylic acids is 2. The number of piperazine rings is 1. The van der Waals surface area contributed by atoms with Crippen LogP contribution in [0, 0.1) is 0 Å². The number of imide groups is 1. The van der Waals surface area contributed by atoms with Gasteiger partial charge in [-0.2, -0.15) is 0 Å². The van der Waals surface area contributed by atoms with Crippen LogP contribution in [0.3, 0.4) is 0 Å². The van der Waals surface area contributed by atoms with E-state index in [-0.39, 0.29) is 11.1 Å². The first-order chi connectivity index (χ1) is 16.6. The molecule has 34 heavy (non-hydrogen) atoms. The van der Waals surface area contributed by atoms with Crippen LogP contribution in [0.15, 0.2) is 47.6 Å². The summed E-state index contributed by atoms with van der Waals surface area (Å²) in [5, 5.41) is 1.91. The molecule has 0 radical (unpaired) electrons. The fourth-order valence-electron chi connectivity index (χ4n) is 4.35. The lowest BCUT2D eigenvalue weighted by molar-refractivity contribution is -0.115. The first kappa shape index (κ1) is 22.8. The van der Waals surface area contributed by atoms with Crippen molar-refractivity contribution in [1.82, 2.24) is 29.7 Å². The predicted octanol–water partition coefficient (Wildman–Crippen LogP) is 3.66. The second-order valence-corrected chi connectivity index (χ2v) is 9.70. The number of thioether (sulfide) groups is 1. The fourth-order valence-corrected chi connectivity index (χ4v) is 5.02. The van der Waals surface area contributed by atoms with Gasteiger partial charge in [0.25, 0.3) is 11.1 Å². The zero-order valence-electron chi connectivity index (χ0n) is 19.2. The highest BCUT2D eigenvalue weighted by molar-refractivity contribution is 8.18. The number of nitrogens with one attached hydrogen (secondary N) is 1. The van der Waals surface area contributed by atoms with Crippen LogP contribution in [0.4, 0.5) is 4.79 Å². The highest BCUT2D eigenvalue weighted by Gasteiger charge is 2.25. The number of unbranched alkanes of at least 4 members (excludes halogenated alkanes) is 1. The molecule has 5 rings (SSSR count). The van der Waals surface area contributed by atoms with Crippen LogP contribution in [0.25, 0.3) is 22.9 Å². The van der Waals surface area contributed by atoms with Crippen molar-refractivity contribution < 1.29 is 9.59 Å². The second-order valence-electron chi connectivity index (χ2n) is 8.69. The van der Waals surface area contributed by atoms with Gasteiger partial charge in [0, 0.05) is 38.4 Å². The number of pyridine rings is 1. The third-order valence-corrected chi connectivity index (χ3v) is 7.04. The monoisotopic (exact) mass is 476 g/mol. The molecule has 0 spiro atoms. The number of imidazole rings is 1. The van der Waals surface area contributed by atoms with Gasteiger partial charge in [-0.3, -0.25) is 24.4 Å². The number of rotatable bonds is 7. The maximum atomic E-state index is 11.9. The van der Waals surface area contributed by atoms with E-state index in [1.165, 1.54) is 24.9 Å². The molecule has 0 aliphatic carbocycles. The zero-order valence-corrected chi connectivity index (χ0v) is 20.1. The molecule has 0 bridgehead atoms. The van der Waals surface area contributed by atoms with Gasteiger partial charge in [-0.15, -0.1) is 0 Å². The second kappa shape index (κ2) is 10.1. The molecule has 3 aromatic rings. The van der Waals surface area contributed by atoms with E-state index in [2.05, 4.69) is 51.3 Å². The molecule has 0 atom stereocenters. The number of nitrogens with zero attached hydrogens (tertiary/aromatic N) is 5. The molecular weight excluding hydrogens is 448 g/mol. The minimum Gasteiger partial charge on any atom is -0.301 e. The summed E-state index contributed by atoms with van der Waals surface area (Å²) in [6, 6.07) is 12.2. The van der Waals surface area contributed by atoms with Crippen molar-refractivity contribution in [3.8, 4) is 5.69 Å². The van der Waals surface area contributed by atoms with E-state index >= 15 is 0 Å². The number of fused-ring (bicyclic) bond motifs is 1. The van der Waals surface area contributed by atoms with E-state index < -0.39 is 0 Å². The van der Waals surface area contributed by atoms with Gasteiger partial charge in [0.1, 0.15) is 11.8 Å². The van der Waals surface area contributed by atoms with E-state index in [4.69, 9.17) is 4.98 Å². The molecule has 2 aliphatic heterocycles. The molecule has 2 saturated heterocycles. The van der Waals surface area contributed by atoms with Crippen LogP contribution in [-0.4, -0.2) is 68.2 Å². The Kier molecular flexibility index (Phi) is 6.75. The summed E-state index contributed by atoms with van der Waals surface area (Å²) < 4.78 is 1.97. The summed E-state index contributed by atoms with van der Waals surface area (Å²) in [6.45, 7) is 8.83. The molecule has 0 saturated carbocycles. The number of aromatic nitrogens is 3. The fraction of sp³-hybridized carbons (Fsp3) is 0.360. The maximum absolute atomic E-state index is 11.9. The van der Waals surface area contributed by atoms with Gasteiger partial charge < -0.3 is 4.90 Å². The van der Waals surface area contributed by atoms with Crippen molar-refractivity contribution in [1.29, 1.82) is 0 Å². The maximum Gasteiger partial charge on any atom is 0.290 e. The number of hydrogen-bond donors (Lipinski definition) is 1. The minimum absolute atomic E-state index is 0.347. The quantitative estimate of drug-likeness (QED) is 0.521. The number of benzene rings is 1. The lowest BCUT2D eigenvalue weighted by Gasteiger charge is -2.34. The van der Waals surface area contributed by atoms with Crippen LogP contribution in [0.1, 0.15) is 31.0 Å². The molecule has 2 aliphatic rings. The molecule has 1 aromatic carbocycles. The summed E-state index contributed by atoms with van der Waals surface area (Å²) in [5.41, 5.74) is 4.36. The van der Waals surface area contributed by atoms with Crippen LogP contribution >= 0.6 is 11.8 Å². The molecule has 0 unspecified atom stereocenters. The Hall–Kier alpha value is -3.01. The van der Waals surface area contributed by atoms with Crippen molar-refractivity contribution in [3.63, 3.8) is 0 Å². The standard InChI is InChI=1S/C25H28N6O2S/c1-2-3-9-29-10-12-30(13-11-29)16-18-5-4-6-20(14-18)31-17-26-21-8-7-19(27-23(21)31)15-22-24(32)28-25(33)34-22/h4-8,14-15,17H,2-3,9-13,16H2,1H3,(H,28,32,33). The number of hydrogen-bond acceptors (Lipinski definition) is 7. The average molecular weight is 477 g/mol. The lowest BCUT2D eigenvalue weighted by atomic mass is 10.1. The van der Waals surface area contributed by atoms with Gasteiger partial charge in [-0.05, 0) is 60.6 Å². The van der Waals surface area contributed by atoms with E-state index in [9.17, 15) is 9.59 Å². The third kappa shape index (κ3) is 5.06. The Bertz CT molecular complexity index is 1250. The highest BCUT2D eigenvalue weighted by atomic mass is 32.2. The van der Waals surface area contributed by atoms with Gasteiger partial charge in [-0.1, -0.05) is 25.5 Å². The minimum atomic E-state index is -0.385. The first-order valence-electron chi connectivity index (χ1n) is 11.7. The third-order valence-electron chi connectivity index (χ3n) is 6.23. The van der Waals surface area contributed by atoms with Crippen molar-refractivity contribution in [2.75, 3.05) is 32.7 Å². The van der Waals surface area contributed by atoms with E-state index in [0.717, 1.165) is 55.7 Å². The summed E-state index contributed by atoms with van der Waals surface area (Å²) in [6.07, 6.45) is 5.94. The van der Waals surface area contributed by atoms with Gasteiger partial charge in [0.2, 0.25) is 0 Å². The van der Waals surface area contributed by atoms with Crippen LogP contribution in [0.5, 0.6) is 0 Å². The van der Waals surface area contributed by atoms with Crippen molar-refractivity contribution in [3.05, 3.63) is 58.9 Å². The van der Waals surface area contributed by atoms with Gasteiger partial charge in [-0.25, -0.2) is 9.97 Å². The van der Waals surface area contributed by atoms with Crippen molar-refractivity contribution in [2.45, 2.75) is 26.3 Å².